The standard InChI is InChI=1S/C16H17FN2OS/c1-11-6-7-13(17)8-12(11)9-19-14-4-2-3-5-15(14)21-10-16(18)20/h2-8,19H,9-10H2,1H3,(H2,18,20). The largest absolute Gasteiger partial charge is 0.380 e. The first kappa shape index (κ1) is 15.4. The van der Waals surface area contributed by atoms with E-state index in [0.29, 0.717) is 6.54 Å². The summed E-state index contributed by atoms with van der Waals surface area (Å²) in [5, 5.41) is 3.28. The monoisotopic (exact) mass is 304 g/mol. The maximum atomic E-state index is 13.3. The molecule has 1 amide bonds. The van der Waals surface area contributed by atoms with Crippen LogP contribution in [0.5, 0.6) is 0 Å². The molecule has 3 N–H and O–H groups in total. The highest BCUT2D eigenvalue weighted by molar-refractivity contribution is 8.00. The van der Waals surface area contributed by atoms with Crippen molar-refractivity contribution in [2.45, 2.75) is 18.4 Å². The Kier molecular flexibility index (Phi) is 5.22. The van der Waals surface area contributed by atoms with Crippen molar-refractivity contribution < 1.29 is 9.18 Å². The molecule has 0 aromatic heterocycles. The number of nitrogens with one attached hydrogen (secondary N) is 1. The molecule has 0 heterocycles. The van der Waals surface area contributed by atoms with E-state index in [0.717, 1.165) is 21.7 Å². The number of carbonyl (C=O) groups excluding carboxylic acids is 1. The summed E-state index contributed by atoms with van der Waals surface area (Å²) in [7, 11) is 0. The van der Waals surface area contributed by atoms with Crippen LogP contribution in [0.25, 0.3) is 0 Å². The highest BCUT2D eigenvalue weighted by Crippen LogP contribution is 2.27. The van der Waals surface area contributed by atoms with E-state index in [2.05, 4.69) is 5.32 Å². The minimum atomic E-state index is -0.351. The number of carbonyl (C=O) groups is 1. The van der Waals surface area contributed by atoms with Gasteiger partial charge in [-0.1, -0.05) is 18.2 Å². The van der Waals surface area contributed by atoms with E-state index in [1.165, 1.54) is 23.9 Å². The van der Waals surface area contributed by atoms with Gasteiger partial charge in [0, 0.05) is 17.1 Å². The Hall–Kier alpha value is -2.01. The zero-order valence-electron chi connectivity index (χ0n) is 11.7. The lowest BCUT2D eigenvalue weighted by molar-refractivity contribution is -0.115. The van der Waals surface area contributed by atoms with Crippen molar-refractivity contribution in [1.82, 2.24) is 0 Å². The van der Waals surface area contributed by atoms with Gasteiger partial charge in [0.15, 0.2) is 0 Å². The molecule has 0 aliphatic rings. The Balaban J connectivity index is 2.09. The number of primary amides is 1. The number of para-hydroxylation sites is 1. The van der Waals surface area contributed by atoms with Crippen molar-refractivity contribution in [2.75, 3.05) is 11.1 Å². The van der Waals surface area contributed by atoms with Crippen LogP contribution in [0.15, 0.2) is 47.4 Å². The lowest BCUT2D eigenvalue weighted by atomic mass is 10.1. The predicted octanol–water partition coefficient (Wildman–Crippen LogP) is 3.32. The van der Waals surface area contributed by atoms with Gasteiger partial charge in [0.25, 0.3) is 0 Å². The average molecular weight is 304 g/mol. The first-order chi connectivity index (χ1) is 10.1. The number of anilines is 1. The van der Waals surface area contributed by atoms with Gasteiger partial charge in [0.1, 0.15) is 5.82 Å². The molecule has 21 heavy (non-hydrogen) atoms. The molecule has 2 rings (SSSR count). The molecule has 0 aliphatic heterocycles. The number of halogens is 1. The number of amides is 1. The summed E-state index contributed by atoms with van der Waals surface area (Å²) in [6.45, 7) is 2.47. The smallest absolute Gasteiger partial charge is 0.227 e. The summed E-state index contributed by atoms with van der Waals surface area (Å²) in [6.07, 6.45) is 0. The molecule has 0 bridgehead atoms. The molecule has 110 valence electrons. The van der Waals surface area contributed by atoms with E-state index < -0.39 is 0 Å². The van der Waals surface area contributed by atoms with Gasteiger partial charge in [0.2, 0.25) is 5.91 Å². The molecule has 0 saturated carbocycles. The third kappa shape index (κ3) is 4.49. The first-order valence-electron chi connectivity index (χ1n) is 6.55. The van der Waals surface area contributed by atoms with E-state index in [1.807, 2.05) is 31.2 Å². The summed E-state index contributed by atoms with van der Waals surface area (Å²) in [6, 6.07) is 12.4. The Morgan fingerprint density at radius 1 is 1.29 bits per heavy atom. The zero-order chi connectivity index (χ0) is 15.2. The maximum absolute atomic E-state index is 13.3. The molecular formula is C16H17FN2OS. The number of hydrogen-bond donors (Lipinski definition) is 2. The second-order valence-electron chi connectivity index (χ2n) is 4.68. The summed E-state index contributed by atoms with van der Waals surface area (Å²) in [5.41, 5.74) is 8.02. The normalized spacial score (nSPS) is 10.4. The van der Waals surface area contributed by atoms with Crippen LogP contribution in [0, 0.1) is 12.7 Å². The average Bonchev–Trinajstić information content (AvgIpc) is 2.47. The van der Waals surface area contributed by atoms with Gasteiger partial charge in [0.05, 0.1) is 5.75 Å². The van der Waals surface area contributed by atoms with Gasteiger partial charge in [-0.15, -0.1) is 11.8 Å². The van der Waals surface area contributed by atoms with E-state index in [-0.39, 0.29) is 17.5 Å². The minimum Gasteiger partial charge on any atom is -0.380 e. The molecule has 0 aliphatic carbocycles. The SMILES string of the molecule is Cc1ccc(F)cc1CNc1ccccc1SCC(N)=O. The van der Waals surface area contributed by atoms with Gasteiger partial charge in [-0.3, -0.25) is 4.79 Å². The highest BCUT2D eigenvalue weighted by atomic mass is 32.2. The van der Waals surface area contributed by atoms with Crippen molar-refractivity contribution in [3.63, 3.8) is 0 Å². The van der Waals surface area contributed by atoms with Gasteiger partial charge >= 0.3 is 0 Å². The quantitative estimate of drug-likeness (QED) is 0.805. The highest BCUT2D eigenvalue weighted by Gasteiger charge is 2.06. The predicted molar refractivity (Wildman–Crippen MR) is 84.8 cm³/mol. The fourth-order valence-electron chi connectivity index (χ4n) is 1.91. The van der Waals surface area contributed by atoms with E-state index >= 15 is 0 Å². The summed E-state index contributed by atoms with van der Waals surface area (Å²) in [4.78, 5) is 11.8. The zero-order valence-corrected chi connectivity index (χ0v) is 12.5. The second kappa shape index (κ2) is 7.13. The van der Waals surface area contributed by atoms with Crippen LogP contribution in [-0.2, 0) is 11.3 Å². The van der Waals surface area contributed by atoms with Crippen LogP contribution in [-0.4, -0.2) is 11.7 Å². The number of thioether (sulfide) groups is 1. The molecule has 3 nitrogen and oxygen atoms in total. The van der Waals surface area contributed by atoms with Crippen LogP contribution < -0.4 is 11.1 Å². The summed E-state index contributed by atoms with van der Waals surface area (Å²) in [5.74, 6) is -0.359. The van der Waals surface area contributed by atoms with Crippen LogP contribution in [0.1, 0.15) is 11.1 Å². The Morgan fingerprint density at radius 3 is 2.81 bits per heavy atom. The Bertz CT molecular complexity index is 646. The maximum Gasteiger partial charge on any atom is 0.227 e. The van der Waals surface area contributed by atoms with Crippen LogP contribution >= 0.6 is 11.8 Å². The van der Waals surface area contributed by atoms with E-state index in [9.17, 15) is 9.18 Å². The third-order valence-electron chi connectivity index (χ3n) is 3.04. The van der Waals surface area contributed by atoms with Crippen LogP contribution in [0.3, 0.4) is 0 Å². The molecule has 0 fully saturated rings. The molecule has 5 heteroatoms. The van der Waals surface area contributed by atoms with Crippen molar-refractivity contribution in [1.29, 1.82) is 0 Å². The topological polar surface area (TPSA) is 55.1 Å². The fourth-order valence-corrected chi connectivity index (χ4v) is 2.68. The number of nitrogens with two attached hydrogens (primary N) is 1. The van der Waals surface area contributed by atoms with E-state index in [4.69, 9.17) is 5.73 Å². The van der Waals surface area contributed by atoms with Gasteiger partial charge in [-0.05, 0) is 42.3 Å². The molecular weight excluding hydrogens is 287 g/mol. The second-order valence-corrected chi connectivity index (χ2v) is 5.69. The summed E-state index contributed by atoms with van der Waals surface area (Å²) >= 11 is 1.39. The van der Waals surface area contributed by atoms with Gasteiger partial charge in [-0.25, -0.2) is 4.39 Å². The number of benzene rings is 2. The molecule has 2 aromatic carbocycles. The molecule has 0 spiro atoms. The minimum absolute atomic E-state index is 0.234. The van der Waals surface area contributed by atoms with Crippen molar-refractivity contribution in [2.24, 2.45) is 5.73 Å². The fraction of sp³-hybridized carbons (Fsp3) is 0.188. The number of aryl methyl sites for hydroxylation is 1. The summed E-state index contributed by atoms with van der Waals surface area (Å²) < 4.78 is 13.3. The number of hydrogen-bond acceptors (Lipinski definition) is 3. The van der Waals surface area contributed by atoms with Crippen molar-refractivity contribution in [3.05, 3.63) is 59.4 Å². The molecule has 0 radical (unpaired) electrons. The number of rotatable bonds is 6. The van der Waals surface area contributed by atoms with Gasteiger partial charge < -0.3 is 11.1 Å². The van der Waals surface area contributed by atoms with Crippen molar-refractivity contribution >= 4 is 23.4 Å². The van der Waals surface area contributed by atoms with Crippen LogP contribution in [0.2, 0.25) is 0 Å². The third-order valence-corrected chi connectivity index (χ3v) is 4.13. The molecule has 0 unspecified atom stereocenters. The Morgan fingerprint density at radius 2 is 2.05 bits per heavy atom. The molecule has 2 aromatic rings. The van der Waals surface area contributed by atoms with Crippen LogP contribution in [0.4, 0.5) is 10.1 Å². The van der Waals surface area contributed by atoms with E-state index in [1.54, 1.807) is 6.07 Å². The molecule has 0 atom stereocenters. The first-order valence-corrected chi connectivity index (χ1v) is 7.54. The molecule has 0 saturated heterocycles. The Labute approximate surface area is 127 Å². The van der Waals surface area contributed by atoms with Gasteiger partial charge in [-0.2, -0.15) is 0 Å². The lowest BCUT2D eigenvalue weighted by Gasteiger charge is -2.12. The lowest BCUT2D eigenvalue weighted by Crippen LogP contribution is -2.13. The van der Waals surface area contributed by atoms with Crippen molar-refractivity contribution in [3.8, 4) is 0 Å².